The molecule has 1 heterocycles. The summed E-state index contributed by atoms with van der Waals surface area (Å²) >= 11 is 0. The van der Waals surface area contributed by atoms with E-state index in [-0.39, 0.29) is 30.8 Å². The molecular weight excluding hydrogens is 632 g/mol. The third kappa shape index (κ3) is 13.8. The first-order valence-electron chi connectivity index (χ1n) is 16.5. The zero-order chi connectivity index (χ0) is 39.2. The van der Waals surface area contributed by atoms with Crippen molar-refractivity contribution in [1.82, 2.24) is 11.0 Å². The lowest BCUT2D eigenvalue weighted by Crippen LogP contribution is -2.75. The van der Waals surface area contributed by atoms with E-state index in [4.69, 9.17) is 89.0 Å². The van der Waals surface area contributed by atoms with Crippen molar-refractivity contribution in [3.8, 4) is 0 Å². The van der Waals surface area contributed by atoms with Gasteiger partial charge in [0.1, 0.15) is 0 Å². The molecule has 0 atom stereocenters. The van der Waals surface area contributed by atoms with Crippen molar-refractivity contribution in [2.75, 3.05) is 0 Å². The fourth-order valence-electron chi connectivity index (χ4n) is 5.03. The van der Waals surface area contributed by atoms with Gasteiger partial charge in [-0.25, -0.2) is 11.0 Å². The molecule has 236 valence electrons. The van der Waals surface area contributed by atoms with E-state index >= 15 is 0 Å². The number of nitrogens with one attached hydrogen (secondary N) is 2. The lowest BCUT2D eigenvalue weighted by molar-refractivity contribution is 0.00578. The minimum atomic E-state index is -0.807. The van der Waals surface area contributed by atoms with Crippen LogP contribution in [0.2, 0.25) is 0 Å². The fraction of sp³-hybridized carbons (Fsp3) is 0.259. The van der Waals surface area contributed by atoms with Crippen LogP contribution in [0.15, 0.2) is 84.9 Å². The van der Waals surface area contributed by atoms with Crippen molar-refractivity contribution in [3.05, 3.63) is 102 Å². The maximum Gasteiger partial charge on any atom is 0.494 e. The lowest BCUT2D eigenvalue weighted by atomic mass is 8.44. The summed E-state index contributed by atoms with van der Waals surface area (Å²) in [4.78, 5) is 27.9. The van der Waals surface area contributed by atoms with Crippen LogP contribution in [-0.4, -0.2) is 150 Å². The first-order chi connectivity index (χ1) is 24.3. The lowest BCUT2D eigenvalue weighted by Gasteiger charge is -2.37. The Bertz CT molecular complexity index is 1490. The highest BCUT2D eigenvalue weighted by Gasteiger charge is 2.51. The van der Waals surface area contributed by atoms with Crippen LogP contribution in [0.4, 0.5) is 0 Å². The highest BCUT2D eigenvalue weighted by Crippen LogP contribution is 2.36. The maximum atomic E-state index is 11.9. The van der Waals surface area contributed by atoms with E-state index in [2.05, 4.69) is 5.48 Å². The molecule has 0 saturated carbocycles. The maximum absolute atomic E-state index is 11.9. The molecule has 0 spiro atoms. The molecule has 18 radical (unpaired) electrons. The molecule has 25 heteroatoms. The molecule has 1 fully saturated rings. The van der Waals surface area contributed by atoms with Crippen molar-refractivity contribution < 1.29 is 28.9 Å². The number of hydroxylamine groups is 2. The molecule has 4 rings (SSSR count). The Balaban J connectivity index is 0.000000306. The van der Waals surface area contributed by atoms with E-state index in [1.165, 1.54) is 0 Å². The van der Waals surface area contributed by atoms with Crippen LogP contribution in [0.5, 0.6) is 0 Å². The van der Waals surface area contributed by atoms with Gasteiger partial charge in [0, 0.05) is 125 Å². The molecule has 3 aromatic carbocycles. The van der Waals surface area contributed by atoms with Gasteiger partial charge < -0.3 is 9.31 Å². The Hall–Kier alpha value is -2.46. The summed E-state index contributed by atoms with van der Waals surface area (Å²) in [5.74, 6) is -0.750. The Kier molecular flexibility index (Phi) is 18.8. The number of rotatable bonds is 12. The van der Waals surface area contributed by atoms with Gasteiger partial charge in [0.15, 0.2) is 0 Å². The van der Waals surface area contributed by atoms with Gasteiger partial charge in [-0.1, -0.05) is 60.7 Å². The molecule has 52 heavy (non-hydrogen) atoms. The van der Waals surface area contributed by atoms with Gasteiger partial charge >= 0.3 is 7.12 Å². The molecule has 0 bridgehead atoms. The Morgan fingerprint density at radius 1 is 0.654 bits per heavy atom. The molecule has 0 aromatic heterocycles. The van der Waals surface area contributed by atoms with Crippen LogP contribution >= 0.6 is 0 Å². The summed E-state index contributed by atoms with van der Waals surface area (Å²) in [5.41, 5.74) is 6.18. The van der Waals surface area contributed by atoms with Gasteiger partial charge in [-0.2, -0.15) is 0 Å². The zero-order valence-corrected chi connectivity index (χ0v) is 30.1. The standard InChI is InChI=1S/C20H24BNO4.C7H7NO2.B16/c1-19(2)20(3,4)26-21(25-19)17-12-10-15(11-13-17)14-24-22-18(23)16-8-6-5-7-9-16;9-7(8-10)6-4-2-1-3-5-6;1-10(2)14(9)16(13(7)8)15(11(3)4)12(5)6/h5-13H,14H2,1-4H3,(H,22,23);1-5,10H,(H,8,9);. The predicted octanol–water partition coefficient (Wildman–Crippen LogP) is -2.44. The van der Waals surface area contributed by atoms with Gasteiger partial charge in [0.25, 0.3) is 11.8 Å². The number of hydrogen-bond donors (Lipinski definition) is 3. The zero-order valence-electron chi connectivity index (χ0n) is 30.1. The first kappa shape index (κ1) is 45.7. The molecule has 3 N–H and O–H groups in total. The van der Waals surface area contributed by atoms with E-state index < -0.39 is 50.6 Å². The Labute approximate surface area is 324 Å². The predicted molar refractivity (Wildman–Crippen MR) is 229 cm³/mol. The normalized spacial score (nSPS) is 13.4. The smallest absolute Gasteiger partial charge is 0.399 e. The van der Waals surface area contributed by atoms with E-state index in [1.54, 1.807) is 47.9 Å². The average Bonchev–Trinajstić information content (AvgIpc) is 3.33. The van der Waals surface area contributed by atoms with Crippen LogP contribution in [0.1, 0.15) is 54.0 Å². The quantitative estimate of drug-likeness (QED) is 0.113. The molecule has 8 nitrogen and oxygen atoms in total. The van der Waals surface area contributed by atoms with Crippen LogP contribution in [0.3, 0.4) is 0 Å². The van der Waals surface area contributed by atoms with Gasteiger partial charge in [0.2, 0.25) is 0 Å². The monoisotopic (exact) mass is 666 g/mol. The molecule has 3 aromatic rings. The largest absolute Gasteiger partial charge is 0.494 e. The summed E-state index contributed by atoms with van der Waals surface area (Å²) in [5, 5.41) is 8.19. The van der Waals surface area contributed by atoms with E-state index in [1.807, 2.05) is 70.2 Å². The van der Waals surface area contributed by atoms with Gasteiger partial charge in [-0.15, -0.1) is 0 Å². The van der Waals surface area contributed by atoms with Crippen LogP contribution in [0, 0.1) is 0 Å². The third-order valence-corrected chi connectivity index (χ3v) is 8.75. The molecule has 1 aliphatic heterocycles. The first-order valence-corrected chi connectivity index (χ1v) is 16.5. The van der Waals surface area contributed by atoms with Crippen LogP contribution in [0.25, 0.3) is 0 Å². The second kappa shape index (κ2) is 21.4. The summed E-state index contributed by atoms with van der Waals surface area (Å²) in [6, 6.07) is 25.2. The summed E-state index contributed by atoms with van der Waals surface area (Å²) in [7, 11) is 50.0. The summed E-state index contributed by atoms with van der Waals surface area (Å²) in [6.07, 6.45) is -5.02. The number of hydrogen-bond acceptors (Lipinski definition) is 6. The number of amides is 2. The third-order valence-electron chi connectivity index (χ3n) is 8.75. The van der Waals surface area contributed by atoms with Crippen molar-refractivity contribution in [2.24, 2.45) is 0 Å². The minimum Gasteiger partial charge on any atom is -0.399 e. The van der Waals surface area contributed by atoms with Crippen molar-refractivity contribution in [2.45, 2.75) is 45.5 Å². The van der Waals surface area contributed by atoms with Gasteiger partial charge in [-0.3, -0.25) is 19.6 Å². The average molecular weight is 663 g/mol. The van der Waals surface area contributed by atoms with E-state index in [9.17, 15) is 9.59 Å². The van der Waals surface area contributed by atoms with E-state index in [0.29, 0.717) is 11.1 Å². The Morgan fingerprint density at radius 3 is 1.46 bits per heavy atom. The number of carbonyl (C=O) groups is 2. The summed E-state index contributed by atoms with van der Waals surface area (Å²) < 4.78 is 12.1. The van der Waals surface area contributed by atoms with Crippen molar-refractivity contribution >= 4 is 139 Å². The van der Waals surface area contributed by atoms with Crippen LogP contribution in [-0.2, 0) is 20.8 Å². The minimum absolute atomic E-state index is 0.264. The highest BCUT2D eigenvalue weighted by molar-refractivity contribution is 8.13. The molecule has 0 aliphatic carbocycles. The molecule has 2 amide bonds. The number of carbonyl (C=O) groups excluding carboxylic acids is 2. The second-order valence-corrected chi connectivity index (χ2v) is 13.3. The van der Waals surface area contributed by atoms with E-state index in [0.717, 1.165) is 11.0 Å². The van der Waals surface area contributed by atoms with Crippen LogP contribution < -0.4 is 16.4 Å². The van der Waals surface area contributed by atoms with Crippen molar-refractivity contribution in [1.29, 1.82) is 0 Å². The molecular formula is C27H31B17N2O6. The second-order valence-electron chi connectivity index (χ2n) is 13.3. The van der Waals surface area contributed by atoms with Gasteiger partial charge in [0.05, 0.1) is 17.8 Å². The SMILES string of the molecule is CC1(C)OB(c2ccc(CONC(=O)c3ccccc3)cc2)OC1(C)C.O=C(NO)c1ccccc1.[B]B([B])B([B])B(B([B])[B])B(B([B])[B])B([B])[B]. The molecule has 0 unspecified atom stereocenters. The Morgan fingerprint density at radius 2 is 1.08 bits per heavy atom. The summed E-state index contributed by atoms with van der Waals surface area (Å²) in [6.45, 7) is 8.41. The van der Waals surface area contributed by atoms with Crippen molar-refractivity contribution in [3.63, 3.8) is 0 Å². The molecule has 1 aliphatic rings. The fourth-order valence-corrected chi connectivity index (χ4v) is 5.03. The van der Waals surface area contributed by atoms with Gasteiger partial charge in [-0.05, 0) is 63.0 Å². The topological polar surface area (TPSA) is 106 Å². The highest BCUT2D eigenvalue weighted by atomic mass is 16.7. The number of benzene rings is 3. The molecule has 1 saturated heterocycles.